The van der Waals surface area contributed by atoms with Gasteiger partial charge < -0.3 is 29.7 Å². The number of piperazine rings is 1. The Bertz CT molecular complexity index is 1160. The first kappa shape index (κ1) is 29.8. The third kappa shape index (κ3) is 8.36. The zero-order valence-corrected chi connectivity index (χ0v) is 22.9. The number of ether oxygens (including phenoxy) is 2. The number of nitrogens with zero attached hydrogens (tertiary/aromatic N) is 3. The first-order chi connectivity index (χ1) is 18.9. The number of benzene rings is 1. The SMILES string of the molecule is CCCCOC(=O)N1CCN(C(=O)C(CO)NC(=O)c2nc(-c3ccccc3)sc2C=CC(=O)OCC)CC1. The summed E-state index contributed by atoms with van der Waals surface area (Å²) in [6, 6.07) is 8.03. The van der Waals surface area contributed by atoms with Crippen molar-refractivity contribution in [3.05, 3.63) is 47.0 Å². The summed E-state index contributed by atoms with van der Waals surface area (Å²) < 4.78 is 10.2. The van der Waals surface area contributed by atoms with E-state index in [1.54, 1.807) is 6.92 Å². The van der Waals surface area contributed by atoms with Gasteiger partial charge in [0.2, 0.25) is 5.91 Å². The van der Waals surface area contributed by atoms with Gasteiger partial charge in [-0.1, -0.05) is 43.7 Å². The van der Waals surface area contributed by atoms with E-state index in [4.69, 9.17) is 9.47 Å². The number of aliphatic hydroxyl groups excluding tert-OH is 1. The lowest BCUT2D eigenvalue weighted by Gasteiger charge is -2.35. The number of aromatic nitrogens is 1. The molecule has 2 aromatic rings. The average Bonchev–Trinajstić information content (AvgIpc) is 3.40. The molecule has 1 saturated heterocycles. The summed E-state index contributed by atoms with van der Waals surface area (Å²) in [5, 5.41) is 13.1. The first-order valence-corrected chi connectivity index (χ1v) is 13.7. The fourth-order valence-electron chi connectivity index (χ4n) is 3.78. The van der Waals surface area contributed by atoms with E-state index in [1.165, 1.54) is 33.3 Å². The molecule has 0 aliphatic carbocycles. The average molecular weight is 559 g/mol. The maximum absolute atomic E-state index is 13.2. The third-order valence-electron chi connectivity index (χ3n) is 5.91. The van der Waals surface area contributed by atoms with Crippen LogP contribution in [-0.2, 0) is 19.1 Å². The summed E-state index contributed by atoms with van der Waals surface area (Å²) >= 11 is 1.21. The minimum Gasteiger partial charge on any atom is -0.463 e. The number of rotatable bonds is 11. The van der Waals surface area contributed by atoms with Crippen LogP contribution in [0.15, 0.2) is 36.4 Å². The van der Waals surface area contributed by atoms with E-state index < -0.39 is 36.5 Å². The molecule has 0 saturated carbocycles. The highest BCUT2D eigenvalue weighted by atomic mass is 32.1. The molecule has 1 aliphatic heterocycles. The second-order valence-corrected chi connectivity index (χ2v) is 9.70. The summed E-state index contributed by atoms with van der Waals surface area (Å²) in [4.78, 5) is 58.3. The Hall–Kier alpha value is -3.77. The van der Waals surface area contributed by atoms with E-state index in [0.29, 0.717) is 16.5 Å². The summed E-state index contributed by atoms with van der Waals surface area (Å²) in [7, 11) is 0. The largest absolute Gasteiger partial charge is 0.463 e. The van der Waals surface area contributed by atoms with E-state index in [0.717, 1.165) is 18.4 Å². The molecule has 3 rings (SSSR count). The van der Waals surface area contributed by atoms with Crippen LogP contribution < -0.4 is 5.32 Å². The summed E-state index contributed by atoms with van der Waals surface area (Å²) in [6.07, 6.45) is 3.95. The molecule has 0 spiro atoms. The number of esters is 1. The highest BCUT2D eigenvalue weighted by Gasteiger charge is 2.31. The normalized spacial score (nSPS) is 14.2. The van der Waals surface area contributed by atoms with Gasteiger partial charge in [-0.05, 0) is 19.4 Å². The minimum absolute atomic E-state index is 0.0188. The third-order valence-corrected chi connectivity index (χ3v) is 6.98. The van der Waals surface area contributed by atoms with Gasteiger partial charge in [-0.2, -0.15) is 0 Å². The maximum atomic E-state index is 13.2. The number of carbonyl (C=O) groups excluding carboxylic acids is 4. The van der Waals surface area contributed by atoms with Crippen LogP contribution >= 0.6 is 11.3 Å². The molecule has 1 aromatic carbocycles. The lowest BCUT2D eigenvalue weighted by atomic mass is 10.2. The number of thiazole rings is 1. The molecule has 1 unspecified atom stereocenters. The van der Waals surface area contributed by atoms with Crippen molar-refractivity contribution in [1.29, 1.82) is 0 Å². The van der Waals surface area contributed by atoms with Crippen LogP contribution in [0.2, 0.25) is 0 Å². The maximum Gasteiger partial charge on any atom is 0.409 e. The highest BCUT2D eigenvalue weighted by Crippen LogP contribution is 2.29. The van der Waals surface area contributed by atoms with Crippen molar-refractivity contribution in [2.75, 3.05) is 46.0 Å². The number of hydrogen-bond acceptors (Lipinski definition) is 9. The Morgan fingerprint density at radius 1 is 1.08 bits per heavy atom. The molecule has 1 atom stereocenters. The van der Waals surface area contributed by atoms with Gasteiger partial charge in [-0.25, -0.2) is 14.6 Å². The Labute approximate surface area is 231 Å². The van der Waals surface area contributed by atoms with Crippen LogP contribution in [0.1, 0.15) is 42.1 Å². The van der Waals surface area contributed by atoms with Gasteiger partial charge in [0.05, 0.1) is 24.7 Å². The van der Waals surface area contributed by atoms with E-state index >= 15 is 0 Å². The van der Waals surface area contributed by atoms with Gasteiger partial charge in [0, 0.05) is 37.8 Å². The van der Waals surface area contributed by atoms with Crippen LogP contribution in [0.3, 0.4) is 0 Å². The smallest absolute Gasteiger partial charge is 0.409 e. The van der Waals surface area contributed by atoms with Crippen LogP contribution in [0.4, 0.5) is 4.79 Å². The van der Waals surface area contributed by atoms with Crippen LogP contribution in [-0.4, -0.2) is 95.8 Å². The second-order valence-electron chi connectivity index (χ2n) is 8.67. The molecular formula is C27H34N4O7S. The molecule has 1 aromatic heterocycles. The van der Waals surface area contributed by atoms with Crippen molar-refractivity contribution in [2.24, 2.45) is 0 Å². The van der Waals surface area contributed by atoms with Gasteiger partial charge in [-0.15, -0.1) is 11.3 Å². The second kappa shape index (κ2) is 15.0. The number of hydrogen-bond donors (Lipinski definition) is 2. The van der Waals surface area contributed by atoms with Gasteiger partial charge in [-0.3, -0.25) is 9.59 Å². The molecule has 0 bridgehead atoms. The molecule has 2 heterocycles. The van der Waals surface area contributed by atoms with E-state index in [2.05, 4.69) is 10.3 Å². The molecule has 1 fully saturated rings. The number of carbonyl (C=O) groups is 4. The predicted molar refractivity (Wildman–Crippen MR) is 146 cm³/mol. The molecule has 1 aliphatic rings. The van der Waals surface area contributed by atoms with Crippen molar-refractivity contribution in [2.45, 2.75) is 32.7 Å². The number of amides is 3. The van der Waals surface area contributed by atoms with Gasteiger partial charge in [0.1, 0.15) is 16.7 Å². The fourth-order valence-corrected chi connectivity index (χ4v) is 4.75. The number of unbranched alkanes of at least 4 members (excludes halogenated alkanes) is 1. The van der Waals surface area contributed by atoms with E-state index in [-0.39, 0.29) is 38.5 Å². The standard InChI is InChI=1S/C27H34N4O7S/c1-3-5-17-38-27(36)31-15-13-30(14-16-31)26(35)20(18-32)28-24(34)23-21(11-12-22(33)37-4-2)39-25(29-23)19-9-7-6-8-10-19/h6-12,20,32H,3-5,13-18H2,1-2H3,(H,28,34). The molecular weight excluding hydrogens is 524 g/mol. The first-order valence-electron chi connectivity index (χ1n) is 12.9. The molecule has 210 valence electrons. The molecule has 39 heavy (non-hydrogen) atoms. The van der Waals surface area contributed by atoms with Crippen molar-refractivity contribution >= 4 is 41.3 Å². The summed E-state index contributed by atoms with van der Waals surface area (Å²) in [5.74, 6) is -1.69. The van der Waals surface area contributed by atoms with Crippen molar-refractivity contribution in [3.63, 3.8) is 0 Å². The van der Waals surface area contributed by atoms with Crippen molar-refractivity contribution in [3.8, 4) is 10.6 Å². The monoisotopic (exact) mass is 558 g/mol. The van der Waals surface area contributed by atoms with Crippen LogP contribution in [0.25, 0.3) is 16.6 Å². The number of aliphatic hydroxyl groups is 1. The van der Waals surface area contributed by atoms with Crippen molar-refractivity contribution in [1.82, 2.24) is 20.1 Å². The van der Waals surface area contributed by atoms with Crippen LogP contribution in [0.5, 0.6) is 0 Å². The minimum atomic E-state index is -1.20. The molecule has 0 radical (unpaired) electrons. The fraction of sp³-hybridized carbons (Fsp3) is 0.444. The zero-order chi connectivity index (χ0) is 28.2. The topological polar surface area (TPSA) is 138 Å². The van der Waals surface area contributed by atoms with E-state index in [9.17, 15) is 24.3 Å². The van der Waals surface area contributed by atoms with Crippen LogP contribution in [0, 0.1) is 0 Å². The molecule has 3 amide bonds. The van der Waals surface area contributed by atoms with Gasteiger partial charge in [0.25, 0.3) is 5.91 Å². The molecule has 2 N–H and O–H groups in total. The molecule has 12 heteroatoms. The zero-order valence-electron chi connectivity index (χ0n) is 22.1. The lowest BCUT2D eigenvalue weighted by Crippen LogP contribution is -2.56. The van der Waals surface area contributed by atoms with Gasteiger partial charge in [0.15, 0.2) is 0 Å². The highest BCUT2D eigenvalue weighted by molar-refractivity contribution is 7.16. The van der Waals surface area contributed by atoms with E-state index in [1.807, 2.05) is 37.3 Å². The molecule has 11 nitrogen and oxygen atoms in total. The quantitative estimate of drug-likeness (QED) is 0.244. The summed E-state index contributed by atoms with van der Waals surface area (Å²) in [6.45, 7) is 4.72. The van der Waals surface area contributed by atoms with Gasteiger partial charge >= 0.3 is 12.1 Å². The Morgan fingerprint density at radius 2 is 1.77 bits per heavy atom. The predicted octanol–water partition coefficient (Wildman–Crippen LogP) is 2.56. The Morgan fingerprint density at radius 3 is 2.41 bits per heavy atom. The Balaban J connectivity index is 1.69. The summed E-state index contributed by atoms with van der Waals surface area (Å²) in [5.41, 5.74) is 0.804. The Kier molecular flexibility index (Phi) is 11.4. The van der Waals surface area contributed by atoms with Crippen molar-refractivity contribution < 1.29 is 33.8 Å². The lowest BCUT2D eigenvalue weighted by molar-refractivity contribution is -0.137. The number of nitrogens with one attached hydrogen (secondary N) is 1.